The van der Waals surface area contributed by atoms with Crippen LogP contribution in [-0.2, 0) is 19.5 Å². The summed E-state index contributed by atoms with van der Waals surface area (Å²) >= 11 is 0. The average molecular weight is 418 g/mol. The van der Waals surface area contributed by atoms with Crippen LogP contribution in [0.4, 0.5) is 0 Å². The number of unbranched alkanes of at least 4 members (excludes halogenated alkanes) is 2. The third kappa shape index (κ3) is 5.32. The van der Waals surface area contributed by atoms with E-state index in [1.54, 1.807) is 22.8 Å². The first kappa shape index (κ1) is 22.1. The first-order valence-electron chi connectivity index (χ1n) is 10.6. The average Bonchev–Trinajstić information content (AvgIpc) is 3.07. The normalized spacial score (nSPS) is 10.7. The fourth-order valence-corrected chi connectivity index (χ4v) is 3.57. The molecule has 0 saturated heterocycles. The molecule has 6 heteroatoms. The van der Waals surface area contributed by atoms with Crippen LogP contribution in [0.2, 0.25) is 0 Å². The number of aromatic carboxylic acids is 1. The summed E-state index contributed by atoms with van der Waals surface area (Å²) in [6, 6.07) is 14.6. The molecule has 0 atom stereocenters. The molecule has 0 fully saturated rings. The van der Waals surface area contributed by atoms with E-state index in [9.17, 15) is 14.7 Å². The van der Waals surface area contributed by atoms with Crippen LogP contribution in [-0.4, -0.2) is 25.4 Å². The van der Waals surface area contributed by atoms with Gasteiger partial charge >= 0.3 is 11.7 Å². The quantitative estimate of drug-likeness (QED) is 0.396. The summed E-state index contributed by atoms with van der Waals surface area (Å²) in [4.78, 5) is 24.4. The van der Waals surface area contributed by atoms with Crippen molar-refractivity contribution in [2.24, 2.45) is 0 Å². The molecular weight excluding hydrogens is 390 g/mol. The minimum absolute atomic E-state index is 0.151. The molecule has 0 unspecified atom stereocenters. The zero-order valence-electron chi connectivity index (χ0n) is 17.8. The van der Waals surface area contributed by atoms with Crippen molar-refractivity contribution in [3.05, 3.63) is 76.0 Å². The predicted molar refractivity (Wildman–Crippen MR) is 121 cm³/mol. The number of hydrogen-bond donors (Lipinski definition) is 1. The molecule has 0 aliphatic heterocycles. The number of carboxylic acids is 1. The highest BCUT2D eigenvalue weighted by atomic mass is 16.4. The maximum absolute atomic E-state index is 12.9. The molecule has 3 rings (SSSR count). The van der Waals surface area contributed by atoms with Crippen LogP contribution >= 0.6 is 0 Å². The molecule has 0 saturated carbocycles. The van der Waals surface area contributed by atoms with Crippen LogP contribution < -0.4 is 5.69 Å². The number of rotatable bonds is 10. The van der Waals surface area contributed by atoms with Gasteiger partial charge in [-0.3, -0.25) is 4.57 Å². The Bertz CT molecular complexity index is 1130. The first-order valence-corrected chi connectivity index (χ1v) is 10.6. The Morgan fingerprint density at radius 3 is 2.55 bits per heavy atom. The van der Waals surface area contributed by atoms with Crippen LogP contribution in [0.1, 0.15) is 54.4 Å². The molecule has 160 valence electrons. The maximum atomic E-state index is 12.9. The Hall–Kier alpha value is -3.59. The molecule has 1 N–H and O–H groups in total. The molecule has 6 nitrogen and oxygen atoms in total. The van der Waals surface area contributed by atoms with Crippen molar-refractivity contribution in [1.82, 2.24) is 14.3 Å². The van der Waals surface area contributed by atoms with Crippen molar-refractivity contribution in [1.29, 1.82) is 0 Å². The number of nitrogens with zero attached hydrogens (tertiary/aromatic N) is 3. The van der Waals surface area contributed by atoms with Gasteiger partial charge in [0, 0.05) is 12.8 Å². The Morgan fingerprint density at radius 2 is 1.87 bits per heavy atom. The second kappa shape index (κ2) is 10.4. The lowest BCUT2D eigenvalue weighted by atomic mass is 9.99. The van der Waals surface area contributed by atoms with Crippen molar-refractivity contribution in [3.63, 3.8) is 0 Å². The van der Waals surface area contributed by atoms with Crippen LogP contribution in [0.3, 0.4) is 0 Å². The standard InChI is InChI=1S/C25H27N3O3/c1-3-5-7-12-23-26-28(17-6-4-2)25(31)27(23)18-19-13-15-20(16-14-19)21-10-8-9-11-22(21)24(29)30/h2,8-11,13-16H,3,5-7,12,17-18H2,1H3,(H,29,30). The van der Waals surface area contributed by atoms with Crippen molar-refractivity contribution in [2.45, 2.75) is 52.1 Å². The lowest BCUT2D eigenvalue weighted by molar-refractivity contribution is 0.0697. The molecule has 1 aromatic heterocycles. The largest absolute Gasteiger partial charge is 0.478 e. The van der Waals surface area contributed by atoms with Gasteiger partial charge in [-0.25, -0.2) is 14.3 Å². The molecule has 3 aromatic rings. The number of carboxylic acid groups (broad SMARTS) is 1. The SMILES string of the molecule is C#CCCn1nc(CCCCC)n(Cc2ccc(-c3ccccc3C(=O)O)cc2)c1=O. The summed E-state index contributed by atoms with van der Waals surface area (Å²) in [6.07, 6.45) is 9.72. The summed E-state index contributed by atoms with van der Waals surface area (Å²) < 4.78 is 3.17. The third-order valence-corrected chi connectivity index (χ3v) is 5.23. The summed E-state index contributed by atoms with van der Waals surface area (Å²) in [6.45, 7) is 2.97. The predicted octanol–water partition coefficient (Wildman–Crippen LogP) is 4.21. The van der Waals surface area contributed by atoms with Gasteiger partial charge in [0.05, 0.1) is 18.7 Å². The minimum atomic E-state index is -0.956. The highest BCUT2D eigenvalue weighted by Gasteiger charge is 2.14. The summed E-state index contributed by atoms with van der Waals surface area (Å²) in [5, 5.41) is 13.9. The van der Waals surface area contributed by atoms with Gasteiger partial charge in [0.25, 0.3) is 0 Å². The fraction of sp³-hybridized carbons (Fsp3) is 0.320. The van der Waals surface area contributed by atoms with Crippen molar-refractivity contribution in [2.75, 3.05) is 0 Å². The molecule has 0 spiro atoms. The van der Waals surface area contributed by atoms with E-state index in [1.807, 2.05) is 30.3 Å². The van der Waals surface area contributed by atoms with Gasteiger partial charge in [-0.2, -0.15) is 5.10 Å². The van der Waals surface area contributed by atoms with Crippen molar-refractivity contribution < 1.29 is 9.90 Å². The Morgan fingerprint density at radius 1 is 1.13 bits per heavy atom. The number of aromatic nitrogens is 3. The number of benzene rings is 2. The molecule has 1 heterocycles. The second-order valence-electron chi connectivity index (χ2n) is 7.47. The lowest BCUT2D eigenvalue weighted by Gasteiger charge is -2.09. The minimum Gasteiger partial charge on any atom is -0.478 e. The van der Waals surface area contributed by atoms with E-state index in [4.69, 9.17) is 6.42 Å². The molecule has 0 radical (unpaired) electrons. The Labute approximate surface area is 182 Å². The lowest BCUT2D eigenvalue weighted by Crippen LogP contribution is -2.26. The van der Waals surface area contributed by atoms with Crippen LogP contribution in [0.5, 0.6) is 0 Å². The van der Waals surface area contributed by atoms with Gasteiger partial charge in [0.1, 0.15) is 5.82 Å². The molecule has 0 bridgehead atoms. The molecule has 2 aromatic carbocycles. The molecule has 0 amide bonds. The van der Waals surface area contributed by atoms with E-state index in [1.165, 1.54) is 4.68 Å². The van der Waals surface area contributed by atoms with E-state index in [0.717, 1.165) is 42.6 Å². The molecule has 0 aliphatic carbocycles. The van der Waals surface area contributed by atoms with E-state index < -0.39 is 5.97 Å². The van der Waals surface area contributed by atoms with Crippen LogP contribution in [0.25, 0.3) is 11.1 Å². The summed E-state index contributed by atoms with van der Waals surface area (Å²) in [5.74, 6) is 2.38. The Balaban J connectivity index is 1.87. The van der Waals surface area contributed by atoms with Gasteiger partial charge in [0.15, 0.2) is 0 Å². The second-order valence-corrected chi connectivity index (χ2v) is 7.47. The molecular formula is C25H27N3O3. The smallest absolute Gasteiger partial charge is 0.346 e. The molecule has 31 heavy (non-hydrogen) atoms. The van der Waals surface area contributed by atoms with Crippen LogP contribution in [0, 0.1) is 12.3 Å². The zero-order valence-corrected chi connectivity index (χ0v) is 17.8. The van der Waals surface area contributed by atoms with Gasteiger partial charge in [-0.05, 0) is 29.2 Å². The van der Waals surface area contributed by atoms with Crippen molar-refractivity contribution in [3.8, 4) is 23.5 Å². The third-order valence-electron chi connectivity index (χ3n) is 5.23. The van der Waals surface area contributed by atoms with E-state index in [2.05, 4.69) is 17.9 Å². The van der Waals surface area contributed by atoms with E-state index in [0.29, 0.717) is 25.1 Å². The zero-order chi connectivity index (χ0) is 22.2. The highest BCUT2D eigenvalue weighted by molar-refractivity contribution is 5.95. The fourth-order valence-electron chi connectivity index (χ4n) is 3.57. The number of carbonyl (C=O) groups is 1. The van der Waals surface area contributed by atoms with Gasteiger partial charge < -0.3 is 5.11 Å². The van der Waals surface area contributed by atoms with Gasteiger partial charge in [-0.1, -0.05) is 62.2 Å². The number of aryl methyl sites for hydroxylation is 2. The molecule has 0 aliphatic rings. The Kier molecular flexibility index (Phi) is 7.45. The maximum Gasteiger partial charge on any atom is 0.346 e. The van der Waals surface area contributed by atoms with E-state index in [-0.39, 0.29) is 11.3 Å². The van der Waals surface area contributed by atoms with E-state index >= 15 is 0 Å². The van der Waals surface area contributed by atoms with Crippen LogP contribution in [0.15, 0.2) is 53.3 Å². The first-order chi connectivity index (χ1) is 15.0. The van der Waals surface area contributed by atoms with Gasteiger partial charge in [-0.15, -0.1) is 12.3 Å². The number of terminal acetylenes is 1. The summed E-state index contributed by atoms with van der Waals surface area (Å²) in [5.41, 5.74) is 2.55. The topological polar surface area (TPSA) is 77.1 Å². The van der Waals surface area contributed by atoms with Crippen molar-refractivity contribution >= 4 is 5.97 Å². The van der Waals surface area contributed by atoms with Gasteiger partial charge in [0.2, 0.25) is 0 Å². The highest BCUT2D eigenvalue weighted by Crippen LogP contribution is 2.24. The summed E-state index contributed by atoms with van der Waals surface area (Å²) in [7, 11) is 0. The monoisotopic (exact) mass is 417 g/mol. The number of hydrogen-bond acceptors (Lipinski definition) is 3.